The van der Waals surface area contributed by atoms with Gasteiger partial charge < -0.3 is 19.3 Å². The molecule has 3 heterocycles. The van der Waals surface area contributed by atoms with Crippen molar-refractivity contribution >= 4 is 6.03 Å². The first-order chi connectivity index (χ1) is 13.0. The molecule has 0 atom stereocenters. The summed E-state index contributed by atoms with van der Waals surface area (Å²) in [4.78, 5) is 20.0. The van der Waals surface area contributed by atoms with Crippen molar-refractivity contribution in [1.29, 1.82) is 0 Å². The van der Waals surface area contributed by atoms with Crippen LogP contribution in [0, 0.1) is 0 Å². The van der Waals surface area contributed by atoms with Crippen LogP contribution in [0.1, 0.15) is 32.3 Å². The summed E-state index contributed by atoms with van der Waals surface area (Å²) in [5, 5.41) is 0. The summed E-state index contributed by atoms with van der Waals surface area (Å²) in [5.41, 5.74) is 1.06. The standard InChI is InChI=1S/C21H31N3O3/c1-16(2)23-15-21(7-9-22(10-8-21)18-13-27-14-18)24(20(23)25)12-17-5-4-6-19(11-17)26-3/h4-6,11,16,18H,7-10,12-15H2,1-3H3. The van der Waals surface area contributed by atoms with Gasteiger partial charge in [0.25, 0.3) is 0 Å². The van der Waals surface area contributed by atoms with Crippen LogP contribution in [0.25, 0.3) is 0 Å². The predicted molar refractivity (Wildman–Crippen MR) is 104 cm³/mol. The number of benzene rings is 1. The van der Waals surface area contributed by atoms with Crippen molar-refractivity contribution in [3.63, 3.8) is 0 Å². The first-order valence-corrected chi connectivity index (χ1v) is 10.1. The van der Waals surface area contributed by atoms with Gasteiger partial charge in [-0.3, -0.25) is 4.90 Å². The molecule has 0 unspecified atom stereocenters. The number of hydrogen-bond donors (Lipinski definition) is 0. The first-order valence-electron chi connectivity index (χ1n) is 10.1. The summed E-state index contributed by atoms with van der Waals surface area (Å²) in [6.07, 6.45) is 2.06. The highest BCUT2D eigenvalue weighted by atomic mass is 16.5. The minimum atomic E-state index is -0.0640. The molecular formula is C21H31N3O3. The van der Waals surface area contributed by atoms with Crippen LogP contribution in [0.3, 0.4) is 0 Å². The third-order valence-electron chi connectivity index (χ3n) is 6.48. The van der Waals surface area contributed by atoms with E-state index in [1.54, 1.807) is 7.11 Å². The molecular weight excluding hydrogens is 342 g/mol. The van der Waals surface area contributed by atoms with Crippen LogP contribution in [-0.4, -0.2) is 78.3 Å². The summed E-state index contributed by atoms with van der Waals surface area (Å²) >= 11 is 0. The molecule has 6 nitrogen and oxygen atoms in total. The van der Waals surface area contributed by atoms with E-state index in [0.717, 1.165) is 57.0 Å². The normalized spacial score (nSPS) is 23.3. The highest BCUT2D eigenvalue weighted by Gasteiger charge is 2.51. The number of rotatable bonds is 5. The Bertz CT molecular complexity index is 681. The van der Waals surface area contributed by atoms with Gasteiger partial charge >= 0.3 is 6.03 Å². The van der Waals surface area contributed by atoms with E-state index >= 15 is 0 Å². The van der Waals surface area contributed by atoms with E-state index in [1.165, 1.54) is 0 Å². The minimum Gasteiger partial charge on any atom is -0.497 e. The molecule has 0 bridgehead atoms. The molecule has 1 aromatic carbocycles. The van der Waals surface area contributed by atoms with Gasteiger partial charge in [-0.25, -0.2) is 4.79 Å². The molecule has 3 fully saturated rings. The maximum atomic E-state index is 13.2. The molecule has 3 aliphatic rings. The quantitative estimate of drug-likeness (QED) is 0.796. The highest BCUT2D eigenvalue weighted by Crippen LogP contribution is 2.39. The first kappa shape index (κ1) is 18.6. The van der Waals surface area contributed by atoms with Gasteiger partial charge in [-0.05, 0) is 44.4 Å². The van der Waals surface area contributed by atoms with E-state index in [4.69, 9.17) is 9.47 Å². The van der Waals surface area contributed by atoms with Gasteiger partial charge in [-0.1, -0.05) is 12.1 Å². The molecule has 0 aromatic heterocycles. The van der Waals surface area contributed by atoms with E-state index in [1.807, 2.05) is 23.1 Å². The Kier molecular flexibility index (Phi) is 5.03. The van der Waals surface area contributed by atoms with E-state index in [9.17, 15) is 4.79 Å². The number of carbonyl (C=O) groups is 1. The summed E-state index contributed by atoms with van der Waals surface area (Å²) in [6, 6.07) is 9.05. The summed E-state index contributed by atoms with van der Waals surface area (Å²) in [7, 11) is 1.68. The largest absolute Gasteiger partial charge is 0.497 e. The fourth-order valence-corrected chi connectivity index (χ4v) is 4.59. The van der Waals surface area contributed by atoms with Crippen molar-refractivity contribution in [2.45, 2.75) is 50.9 Å². The monoisotopic (exact) mass is 373 g/mol. The molecule has 1 spiro atoms. The Morgan fingerprint density at radius 1 is 1.26 bits per heavy atom. The number of methoxy groups -OCH3 is 1. The fraction of sp³-hybridized carbons (Fsp3) is 0.667. The minimum absolute atomic E-state index is 0.0640. The molecule has 1 aromatic rings. The molecule has 148 valence electrons. The molecule has 0 saturated carbocycles. The summed E-state index contributed by atoms with van der Waals surface area (Å²) in [6.45, 7) is 9.51. The van der Waals surface area contributed by atoms with Crippen molar-refractivity contribution in [3.8, 4) is 5.75 Å². The average molecular weight is 373 g/mol. The van der Waals surface area contributed by atoms with Gasteiger partial charge in [-0.15, -0.1) is 0 Å². The van der Waals surface area contributed by atoms with Gasteiger partial charge in [-0.2, -0.15) is 0 Å². The molecule has 3 saturated heterocycles. The van der Waals surface area contributed by atoms with Gasteiger partial charge in [0.15, 0.2) is 0 Å². The second-order valence-corrected chi connectivity index (χ2v) is 8.39. The van der Waals surface area contributed by atoms with Crippen molar-refractivity contribution in [1.82, 2.24) is 14.7 Å². The Morgan fingerprint density at radius 3 is 2.59 bits per heavy atom. The lowest BCUT2D eigenvalue weighted by molar-refractivity contribution is -0.0818. The number of carbonyl (C=O) groups excluding carboxylic acids is 1. The van der Waals surface area contributed by atoms with E-state index in [0.29, 0.717) is 12.6 Å². The van der Waals surface area contributed by atoms with Gasteiger partial charge in [0, 0.05) is 32.2 Å². The SMILES string of the molecule is COc1cccc(CN2C(=O)N(C(C)C)CC23CCN(C2COC2)CC3)c1. The molecule has 6 heteroatoms. The average Bonchev–Trinajstić information content (AvgIpc) is 2.89. The predicted octanol–water partition coefficient (Wildman–Crippen LogP) is 2.57. The lowest BCUT2D eigenvalue weighted by Gasteiger charge is -2.47. The van der Waals surface area contributed by atoms with E-state index in [-0.39, 0.29) is 17.6 Å². The smallest absolute Gasteiger partial charge is 0.321 e. The number of urea groups is 1. The molecule has 4 rings (SSSR count). The highest BCUT2D eigenvalue weighted by molar-refractivity contribution is 5.78. The maximum absolute atomic E-state index is 13.2. The number of nitrogens with zero attached hydrogens (tertiary/aromatic N) is 3. The van der Waals surface area contributed by atoms with Crippen molar-refractivity contribution in [3.05, 3.63) is 29.8 Å². The molecule has 0 radical (unpaired) electrons. The topological polar surface area (TPSA) is 45.2 Å². The van der Waals surface area contributed by atoms with E-state index in [2.05, 4.69) is 29.7 Å². The number of hydrogen-bond acceptors (Lipinski definition) is 4. The van der Waals surface area contributed by atoms with Gasteiger partial charge in [0.05, 0.1) is 31.9 Å². The van der Waals surface area contributed by atoms with Crippen LogP contribution in [0.5, 0.6) is 5.75 Å². The lowest BCUT2D eigenvalue weighted by Crippen LogP contribution is -2.59. The number of ether oxygens (including phenoxy) is 2. The fourth-order valence-electron chi connectivity index (χ4n) is 4.59. The van der Waals surface area contributed by atoms with Crippen molar-refractivity contribution in [2.24, 2.45) is 0 Å². The molecule has 2 amide bonds. The number of piperidine rings is 1. The summed E-state index contributed by atoms with van der Waals surface area (Å²) in [5.74, 6) is 0.841. The van der Waals surface area contributed by atoms with Crippen LogP contribution in [0.4, 0.5) is 4.79 Å². The van der Waals surface area contributed by atoms with Crippen LogP contribution in [-0.2, 0) is 11.3 Å². The Morgan fingerprint density at radius 2 is 2.00 bits per heavy atom. The third kappa shape index (κ3) is 3.41. The number of likely N-dealkylation sites (tertiary alicyclic amines) is 1. The van der Waals surface area contributed by atoms with Crippen LogP contribution in [0.2, 0.25) is 0 Å². The second-order valence-electron chi connectivity index (χ2n) is 8.39. The van der Waals surface area contributed by atoms with Crippen molar-refractivity contribution in [2.75, 3.05) is 40.0 Å². The lowest BCUT2D eigenvalue weighted by atomic mass is 9.85. The zero-order valence-electron chi connectivity index (χ0n) is 16.7. The zero-order valence-corrected chi connectivity index (χ0v) is 16.7. The van der Waals surface area contributed by atoms with Crippen LogP contribution < -0.4 is 4.74 Å². The second kappa shape index (κ2) is 7.32. The zero-order chi connectivity index (χ0) is 19.0. The Labute approximate surface area is 162 Å². The van der Waals surface area contributed by atoms with E-state index < -0.39 is 0 Å². The molecule has 0 aliphatic carbocycles. The third-order valence-corrected chi connectivity index (χ3v) is 6.48. The van der Waals surface area contributed by atoms with Gasteiger partial charge in [0.2, 0.25) is 0 Å². The Balaban J connectivity index is 1.55. The van der Waals surface area contributed by atoms with Crippen molar-refractivity contribution < 1.29 is 14.3 Å². The Hall–Kier alpha value is -1.79. The van der Waals surface area contributed by atoms with Crippen LogP contribution in [0.15, 0.2) is 24.3 Å². The molecule has 27 heavy (non-hydrogen) atoms. The maximum Gasteiger partial charge on any atom is 0.321 e. The molecule has 0 N–H and O–H groups in total. The molecule has 3 aliphatic heterocycles. The van der Waals surface area contributed by atoms with Gasteiger partial charge in [0.1, 0.15) is 5.75 Å². The number of amides is 2. The van der Waals surface area contributed by atoms with Crippen LogP contribution >= 0.6 is 0 Å². The summed E-state index contributed by atoms with van der Waals surface area (Å²) < 4.78 is 10.7.